The predicted molar refractivity (Wildman–Crippen MR) is 95.1 cm³/mol. The van der Waals surface area contributed by atoms with Gasteiger partial charge in [-0.05, 0) is 24.6 Å². The number of para-hydroxylation sites is 2. The van der Waals surface area contributed by atoms with E-state index in [2.05, 4.69) is 0 Å². The SMILES string of the molecule is CCC(Oc1ccccc1)C(=O)n1cc(C(=O)OC)c2ccccc21. The lowest BCUT2D eigenvalue weighted by atomic mass is 10.2. The fourth-order valence-electron chi connectivity index (χ4n) is 2.76. The van der Waals surface area contributed by atoms with Crippen molar-refractivity contribution in [3.8, 4) is 5.75 Å². The molecule has 3 rings (SSSR count). The zero-order valence-electron chi connectivity index (χ0n) is 14.1. The molecule has 0 amide bonds. The third-order valence-corrected chi connectivity index (χ3v) is 4.02. The maximum Gasteiger partial charge on any atom is 0.340 e. The summed E-state index contributed by atoms with van der Waals surface area (Å²) in [6, 6.07) is 16.5. The topological polar surface area (TPSA) is 57.5 Å². The Bertz CT molecular complexity index is 898. The van der Waals surface area contributed by atoms with Gasteiger partial charge in [-0.3, -0.25) is 9.36 Å². The number of fused-ring (bicyclic) bond motifs is 1. The van der Waals surface area contributed by atoms with E-state index in [1.807, 2.05) is 49.4 Å². The molecule has 0 aliphatic carbocycles. The third-order valence-electron chi connectivity index (χ3n) is 4.02. The molecule has 2 aromatic carbocycles. The number of hydrogen-bond acceptors (Lipinski definition) is 4. The molecule has 25 heavy (non-hydrogen) atoms. The number of hydrogen-bond donors (Lipinski definition) is 0. The summed E-state index contributed by atoms with van der Waals surface area (Å²) in [6.07, 6.45) is 1.38. The summed E-state index contributed by atoms with van der Waals surface area (Å²) >= 11 is 0. The van der Waals surface area contributed by atoms with Crippen molar-refractivity contribution in [2.75, 3.05) is 7.11 Å². The second kappa shape index (κ2) is 7.21. The molecule has 5 heteroatoms. The molecule has 0 aliphatic rings. The molecular formula is C20H19NO4. The zero-order valence-corrected chi connectivity index (χ0v) is 14.1. The van der Waals surface area contributed by atoms with Gasteiger partial charge in [-0.2, -0.15) is 0 Å². The summed E-state index contributed by atoms with van der Waals surface area (Å²) in [5.41, 5.74) is 1.02. The fraction of sp³-hybridized carbons (Fsp3) is 0.200. The first-order valence-corrected chi connectivity index (χ1v) is 8.10. The molecule has 0 aliphatic heterocycles. The highest BCUT2D eigenvalue weighted by molar-refractivity contribution is 6.07. The molecule has 0 saturated heterocycles. The van der Waals surface area contributed by atoms with Crippen LogP contribution >= 0.6 is 0 Å². The Kier molecular flexibility index (Phi) is 4.84. The van der Waals surface area contributed by atoms with Gasteiger partial charge in [0.1, 0.15) is 5.75 Å². The highest BCUT2D eigenvalue weighted by Gasteiger charge is 2.24. The van der Waals surface area contributed by atoms with Gasteiger partial charge in [0.25, 0.3) is 5.91 Å². The van der Waals surface area contributed by atoms with Crippen molar-refractivity contribution in [2.45, 2.75) is 19.4 Å². The lowest BCUT2D eigenvalue weighted by molar-refractivity contribution is 0.0602. The van der Waals surface area contributed by atoms with Crippen LogP contribution in [-0.4, -0.2) is 29.7 Å². The average Bonchev–Trinajstić information content (AvgIpc) is 3.05. The van der Waals surface area contributed by atoms with E-state index < -0.39 is 12.1 Å². The summed E-state index contributed by atoms with van der Waals surface area (Å²) in [4.78, 5) is 25.0. The van der Waals surface area contributed by atoms with Crippen molar-refractivity contribution in [1.82, 2.24) is 4.57 Å². The lowest BCUT2D eigenvalue weighted by Gasteiger charge is -2.17. The average molecular weight is 337 g/mol. The van der Waals surface area contributed by atoms with Gasteiger partial charge in [0.05, 0.1) is 18.2 Å². The monoisotopic (exact) mass is 337 g/mol. The van der Waals surface area contributed by atoms with E-state index in [0.717, 1.165) is 0 Å². The smallest absolute Gasteiger partial charge is 0.340 e. The number of carbonyl (C=O) groups excluding carboxylic acids is 2. The van der Waals surface area contributed by atoms with E-state index in [9.17, 15) is 9.59 Å². The normalized spacial score (nSPS) is 11.9. The van der Waals surface area contributed by atoms with Gasteiger partial charge in [-0.15, -0.1) is 0 Å². The van der Waals surface area contributed by atoms with Crippen LogP contribution in [0.1, 0.15) is 28.5 Å². The summed E-state index contributed by atoms with van der Waals surface area (Å²) in [5.74, 6) is -0.0650. The van der Waals surface area contributed by atoms with Gasteiger partial charge >= 0.3 is 5.97 Å². The molecule has 0 saturated carbocycles. The minimum atomic E-state index is -0.649. The van der Waals surface area contributed by atoms with Gasteiger partial charge in [0.2, 0.25) is 0 Å². The second-order valence-electron chi connectivity index (χ2n) is 5.59. The zero-order chi connectivity index (χ0) is 17.8. The molecule has 1 atom stereocenters. The maximum absolute atomic E-state index is 13.0. The summed E-state index contributed by atoms with van der Waals surface area (Å²) in [7, 11) is 1.32. The molecule has 3 aromatic rings. The number of methoxy groups -OCH3 is 1. The molecule has 0 radical (unpaired) electrons. The van der Waals surface area contributed by atoms with Gasteiger partial charge in [-0.25, -0.2) is 4.79 Å². The Labute approximate surface area is 145 Å². The predicted octanol–water partition coefficient (Wildman–Crippen LogP) is 3.93. The highest BCUT2D eigenvalue weighted by Crippen LogP contribution is 2.23. The van der Waals surface area contributed by atoms with Crippen LogP contribution in [0.3, 0.4) is 0 Å². The first kappa shape index (κ1) is 16.8. The Morgan fingerprint density at radius 1 is 1.04 bits per heavy atom. The Morgan fingerprint density at radius 3 is 2.40 bits per heavy atom. The van der Waals surface area contributed by atoms with E-state index in [-0.39, 0.29) is 5.91 Å². The molecule has 0 spiro atoms. The number of aromatic nitrogens is 1. The maximum atomic E-state index is 13.0. The van der Waals surface area contributed by atoms with Gasteiger partial charge in [-0.1, -0.05) is 43.3 Å². The van der Waals surface area contributed by atoms with Crippen molar-refractivity contribution in [3.05, 3.63) is 66.4 Å². The minimum Gasteiger partial charge on any atom is -0.481 e. The number of rotatable bonds is 5. The molecule has 1 unspecified atom stereocenters. The van der Waals surface area contributed by atoms with Crippen molar-refractivity contribution >= 4 is 22.8 Å². The van der Waals surface area contributed by atoms with Gasteiger partial charge < -0.3 is 9.47 Å². The van der Waals surface area contributed by atoms with E-state index in [0.29, 0.717) is 28.6 Å². The van der Waals surface area contributed by atoms with Crippen molar-refractivity contribution in [2.24, 2.45) is 0 Å². The van der Waals surface area contributed by atoms with Crippen LogP contribution in [-0.2, 0) is 4.74 Å². The number of benzene rings is 2. The highest BCUT2D eigenvalue weighted by atomic mass is 16.5. The lowest BCUT2D eigenvalue weighted by Crippen LogP contribution is -2.31. The number of carbonyl (C=O) groups is 2. The third kappa shape index (κ3) is 3.26. The van der Waals surface area contributed by atoms with Crippen LogP contribution in [0, 0.1) is 0 Å². The van der Waals surface area contributed by atoms with Crippen LogP contribution in [0.4, 0.5) is 0 Å². The first-order valence-electron chi connectivity index (χ1n) is 8.10. The van der Waals surface area contributed by atoms with E-state index in [4.69, 9.17) is 9.47 Å². The number of nitrogens with zero attached hydrogens (tertiary/aromatic N) is 1. The Morgan fingerprint density at radius 2 is 1.72 bits per heavy atom. The van der Waals surface area contributed by atoms with Crippen LogP contribution in [0.25, 0.3) is 10.9 Å². The summed E-state index contributed by atoms with van der Waals surface area (Å²) < 4.78 is 12.1. The van der Waals surface area contributed by atoms with E-state index >= 15 is 0 Å². The molecular weight excluding hydrogens is 318 g/mol. The number of ether oxygens (including phenoxy) is 2. The molecule has 1 heterocycles. The second-order valence-corrected chi connectivity index (χ2v) is 5.59. The molecule has 0 fully saturated rings. The minimum absolute atomic E-state index is 0.224. The van der Waals surface area contributed by atoms with Crippen molar-refractivity contribution < 1.29 is 19.1 Å². The van der Waals surface area contributed by atoms with E-state index in [1.165, 1.54) is 17.9 Å². The molecule has 0 N–H and O–H groups in total. The van der Waals surface area contributed by atoms with Crippen molar-refractivity contribution in [3.63, 3.8) is 0 Å². The summed E-state index contributed by atoms with van der Waals surface area (Å²) in [5, 5.41) is 0.678. The summed E-state index contributed by atoms with van der Waals surface area (Å²) in [6.45, 7) is 1.89. The molecule has 5 nitrogen and oxygen atoms in total. The van der Waals surface area contributed by atoms with Crippen LogP contribution in [0.2, 0.25) is 0 Å². The van der Waals surface area contributed by atoms with Crippen molar-refractivity contribution in [1.29, 1.82) is 0 Å². The Hall–Kier alpha value is -3.08. The molecule has 1 aromatic heterocycles. The van der Waals surface area contributed by atoms with Crippen LogP contribution < -0.4 is 4.74 Å². The van der Waals surface area contributed by atoms with Gasteiger partial charge in [0, 0.05) is 11.6 Å². The van der Waals surface area contributed by atoms with Gasteiger partial charge in [0.15, 0.2) is 6.10 Å². The largest absolute Gasteiger partial charge is 0.481 e. The quantitative estimate of drug-likeness (QED) is 0.662. The first-order chi connectivity index (χ1) is 12.2. The fourth-order valence-corrected chi connectivity index (χ4v) is 2.76. The molecule has 0 bridgehead atoms. The van der Waals surface area contributed by atoms with E-state index in [1.54, 1.807) is 12.1 Å². The number of esters is 1. The Balaban J connectivity index is 1.99. The van der Waals surface area contributed by atoms with Crippen LogP contribution in [0.5, 0.6) is 5.75 Å². The molecule has 128 valence electrons. The standard InChI is InChI=1S/C20H19NO4/c1-3-18(25-14-9-5-4-6-10-14)19(22)21-13-16(20(23)24-2)15-11-7-8-12-17(15)21/h4-13,18H,3H2,1-2H3. The van der Waals surface area contributed by atoms with Crippen LogP contribution in [0.15, 0.2) is 60.8 Å².